The van der Waals surface area contributed by atoms with E-state index in [9.17, 15) is 14.0 Å². The first-order valence-electron chi connectivity index (χ1n) is 7.72. The lowest BCUT2D eigenvalue weighted by Crippen LogP contribution is -2.44. The maximum Gasteiger partial charge on any atom is 0.261 e. The van der Waals surface area contributed by atoms with Crippen LogP contribution in [0.1, 0.15) is 32.9 Å². The van der Waals surface area contributed by atoms with Gasteiger partial charge in [-0.2, -0.15) is 0 Å². The number of thiophene rings is 1. The van der Waals surface area contributed by atoms with Crippen molar-refractivity contribution >= 4 is 28.8 Å². The van der Waals surface area contributed by atoms with E-state index >= 15 is 0 Å². The van der Waals surface area contributed by atoms with Gasteiger partial charge >= 0.3 is 0 Å². The van der Waals surface area contributed by atoms with Gasteiger partial charge in [-0.15, -0.1) is 11.3 Å². The lowest BCUT2D eigenvalue weighted by atomic mass is 10.0. The Hall–Kier alpha value is -2.41. The minimum atomic E-state index is -0.534. The van der Waals surface area contributed by atoms with E-state index in [1.165, 1.54) is 29.5 Å². The van der Waals surface area contributed by atoms with Gasteiger partial charge in [-0.05, 0) is 37.1 Å². The van der Waals surface area contributed by atoms with E-state index in [1.807, 2.05) is 6.07 Å². The average Bonchev–Trinajstić information content (AvgIpc) is 3.06. The third-order valence-corrected chi connectivity index (χ3v) is 5.04. The molecule has 1 saturated heterocycles. The van der Waals surface area contributed by atoms with E-state index in [1.54, 1.807) is 11.4 Å². The largest absolute Gasteiger partial charge is 0.371 e. The SMILES string of the molecule is NC(=O)c1csc(C(=O)NC2CCN(c3cccc(F)c3)CC2)c1. The van der Waals surface area contributed by atoms with Crippen molar-refractivity contribution < 1.29 is 14.0 Å². The Labute approximate surface area is 143 Å². The molecule has 5 nitrogen and oxygen atoms in total. The third kappa shape index (κ3) is 3.73. The number of rotatable bonds is 4. The Balaban J connectivity index is 1.55. The first-order chi connectivity index (χ1) is 11.5. The summed E-state index contributed by atoms with van der Waals surface area (Å²) in [6, 6.07) is 8.13. The smallest absolute Gasteiger partial charge is 0.261 e. The summed E-state index contributed by atoms with van der Waals surface area (Å²) in [5.74, 6) is -0.962. The van der Waals surface area contributed by atoms with Crippen molar-refractivity contribution in [2.45, 2.75) is 18.9 Å². The number of primary amides is 1. The number of hydrogen-bond acceptors (Lipinski definition) is 4. The monoisotopic (exact) mass is 347 g/mol. The number of amides is 2. The molecule has 2 amide bonds. The van der Waals surface area contributed by atoms with Gasteiger partial charge in [0.05, 0.1) is 10.4 Å². The van der Waals surface area contributed by atoms with Crippen LogP contribution in [0.4, 0.5) is 10.1 Å². The molecule has 0 radical (unpaired) electrons. The van der Waals surface area contributed by atoms with E-state index in [0.29, 0.717) is 10.4 Å². The number of benzene rings is 1. The van der Waals surface area contributed by atoms with Crippen molar-refractivity contribution in [1.82, 2.24) is 5.32 Å². The summed E-state index contributed by atoms with van der Waals surface area (Å²) in [7, 11) is 0. The molecule has 3 rings (SSSR count). The van der Waals surface area contributed by atoms with Crippen molar-refractivity contribution in [2.75, 3.05) is 18.0 Å². The van der Waals surface area contributed by atoms with Gasteiger partial charge in [0.1, 0.15) is 5.82 Å². The van der Waals surface area contributed by atoms with Crippen LogP contribution < -0.4 is 16.0 Å². The predicted octanol–water partition coefficient (Wildman–Crippen LogP) is 2.38. The summed E-state index contributed by atoms with van der Waals surface area (Å²) >= 11 is 1.21. The molecule has 24 heavy (non-hydrogen) atoms. The number of halogens is 1. The van der Waals surface area contributed by atoms with Gasteiger partial charge in [0, 0.05) is 30.2 Å². The highest BCUT2D eigenvalue weighted by molar-refractivity contribution is 7.12. The minimum Gasteiger partial charge on any atom is -0.371 e. The zero-order valence-corrected chi connectivity index (χ0v) is 13.8. The van der Waals surface area contributed by atoms with E-state index < -0.39 is 5.91 Å². The molecular weight excluding hydrogens is 329 g/mol. The molecule has 0 spiro atoms. The number of anilines is 1. The molecule has 126 valence electrons. The molecule has 2 heterocycles. The first kappa shape index (κ1) is 16.4. The Bertz CT molecular complexity index is 754. The number of nitrogens with zero attached hydrogens (tertiary/aromatic N) is 1. The molecule has 7 heteroatoms. The summed E-state index contributed by atoms with van der Waals surface area (Å²) in [4.78, 5) is 25.9. The lowest BCUT2D eigenvalue weighted by molar-refractivity contribution is 0.0935. The number of piperidine rings is 1. The maximum atomic E-state index is 13.3. The van der Waals surface area contributed by atoms with Crippen LogP contribution in [0.15, 0.2) is 35.7 Å². The fourth-order valence-electron chi connectivity index (χ4n) is 2.80. The fourth-order valence-corrected chi connectivity index (χ4v) is 3.59. The van der Waals surface area contributed by atoms with Crippen molar-refractivity contribution in [3.05, 3.63) is 52.0 Å². The molecule has 1 aliphatic rings. The Kier molecular flexibility index (Phi) is 4.80. The number of carbonyl (C=O) groups excluding carboxylic acids is 2. The van der Waals surface area contributed by atoms with E-state index in [0.717, 1.165) is 31.6 Å². The minimum absolute atomic E-state index is 0.0708. The van der Waals surface area contributed by atoms with Gasteiger partial charge in [0.15, 0.2) is 0 Å². The molecule has 0 saturated carbocycles. The molecule has 3 N–H and O–H groups in total. The highest BCUT2D eigenvalue weighted by Gasteiger charge is 2.22. The van der Waals surface area contributed by atoms with Gasteiger partial charge in [0.25, 0.3) is 5.91 Å². The summed E-state index contributed by atoms with van der Waals surface area (Å²) < 4.78 is 13.3. The zero-order chi connectivity index (χ0) is 17.1. The van der Waals surface area contributed by atoms with Crippen LogP contribution >= 0.6 is 11.3 Å². The predicted molar refractivity (Wildman–Crippen MR) is 91.9 cm³/mol. The third-order valence-electron chi connectivity index (χ3n) is 4.11. The summed E-state index contributed by atoms with van der Waals surface area (Å²) in [5.41, 5.74) is 6.41. The lowest BCUT2D eigenvalue weighted by Gasteiger charge is -2.33. The molecule has 1 aromatic heterocycles. The average molecular weight is 347 g/mol. The topological polar surface area (TPSA) is 75.4 Å². The van der Waals surface area contributed by atoms with E-state index in [-0.39, 0.29) is 17.8 Å². The zero-order valence-electron chi connectivity index (χ0n) is 13.0. The van der Waals surface area contributed by atoms with Gasteiger partial charge in [-0.3, -0.25) is 9.59 Å². The quantitative estimate of drug-likeness (QED) is 0.892. The van der Waals surface area contributed by atoms with Crippen LogP contribution in [-0.4, -0.2) is 30.9 Å². The number of nitrogens with two attached hydrogens (primary N) is 1. The highest BCUT2D eigenvalue weighted by atomic mass is 32.1. The number of hydrogen-bond donors (Lipinski definition) is 2. The van der Waals surface area contributed by atoms with Gasteiger partial charge in [0.2, 0.25) is 5.91 Å². The number of carbonyl (C=O) groups is 2. The van der Waals surface area contributed by atoms with Crippen molar-refractivity contribution in [3.63, 3.8) is 0 Å². The number of nitrogens with one attached hydrogen (secondary N) is 1. The summed E-state index contributed by atoms with van der Waals surface area (Å²) in [6.45, 7) is 1.51. The standard InChI is InChI=1S/C17H18FN3O2S/c18-12-2-1-3-14(9-12)21-6-4-13(5-7-21)20-17(23)15-8-11(10-24-15)16(19)22/h1-3,8-10,13H,4-7H2,(H2,19,22)(H,20,23). The van der Waals surface area contributed by atoms with Crippen LogP contribution in [-0.2, 0) is 0 Å². The summed E-state index contributed by atoms with van der Waals surface area (Å²) in [6.07, 6.45) is 1.58. The Morgan fingerprint density at radius 3 is 2.62 bits per heavy atom. The molecule has 1 aliphatic heterocycles. The highest BCUT2D eigenvalue weighted by Crippen LogP contribution is 2.21. The maximum absolute atomic E-state index is 13.3. The van der Waals surface area contributed by atoms with Crippen molar-refractivity contribution in [2.24, 2.45) is 5.73 Å². The first-order valence-corrected chi connectivity index (χ1v) is 8.60. The van der Waals surface area contributed by atoms with Crippen LogP contribution in [0.2, 0.25) is 0 Å². The summed E-state index contributed by atoms with van der Waals surface area (Å²) in [5, 5.41) is 4.58. The second-order valence-corrected chi connectivity index (χ2v) is 6.69. The molecule has 1 aromatic carbocycles. The van der Waals surface area contributed by atoms with Gasteiger partial charge in [-0.25, -0.2) is 4.39 Å². The van der Waals surface area contributed by atoms with Crippen LogP contribution in [0, 0.1) is 5.82 Å². The van der Waals surface area contributed by atoms with Crippen LogP contribution in [0.3, 0.4) is 0 Å². The normalized spacial score (nSPS) is 15.3. The second-order valence-electron chi connectivity index (χ2n) is 5.78. The van der Waals surface area contributed by atoms with Gasteiger partial charge < -0.3 is 16.0 Å². The molecule has 2 aromatic rings. The van der Waals surface area contributed by atoms with Crippen LogP contribution in [0.25, 0.3) is 0 Å². The fraction of sp³-hybridized carbons (Fsp3) is 0.294. The Morgan fingerprint density at radius 1 is 1.25 bits per heavy atom. The molecule has 0 unspecified atom stereocenters. The van der Waals surface area contributed by atoms with Crippen LogP contribution in [0.5, 0.6) is 0 Å². The molecule has 0 bridgehead atoms. The molecular formula is C17H18FN3O2S. The second kappa shape index (κ2) is 7.00. The van der Waals surface area contributed by atoms with Crippen molar-refractivity contribution in [1.29, 1.82) is 0 Å². The molecule has 0 atom stereocenters. The van der Waals surface area contributed by atoms with E-state index in [2.05, 4.69) is 10.2 Å². The van der Waals surface area contributed by atoms with E-state index in [4.69, 9.17) is 5.73 Å². The molecule has 0 aliphatic carbocycles. The van der Waals surface area contributed by atoms with Gasteiger partial charge in [-0.1, -0.05) is 6.07 Å². The molecule has 1 fully saturated rings. The van der Waals surface area contributed by atoms with Crippen molar-refractivity contribution in [3.8, 4) is 0 Å². The Morgan fingerprint density at radius 2 is 2.00 bits per heavy atom.